The highest BCUT2D eigenvalue weighted by Gasteiger charge is 2.22. The van der Waals surface area contributed by atoms with Gasteiger partial charge in [-0.3, -0.25) is 14.4 Å². The second-order valence-electron chi connectivity index (χ2n) is 6.09. The van der Waals surface area contributed by atoms with Crippen LogP contribution in [0.4, 0.5) is 11.4 Å². The number of rotatable bonds is 6. The van der Waals surface area contributed by atoms with Crippen molar-refractivity contribution >= 4 is 29.1 Å². The molecule has 2 rings (SSSR count). The molecule has 1 saturated heterocycles. The molecule has 1 atom stereocenters. The third-order valence-corrected chi connectivity index (χ3v) is 3.83. The molecular formula is C17H24N4O4. The highest BCUT2D eigenvalue weighted by molar-refractivity contribution is 5.98. The molecule has 0 spiro atoms. The first-order valence-corrected chi connectivity index (χ1v) is 8.22. The normalized spacial score (nSPS) is 15.8. The molecule has 4 N–H and O–H groups in total. The van der Waals surface area contributed by atoms with Gasteiger partial charge in [-0.25, -0.2) is 0 Å². The first-order chi connectivity index (χ1) is 11.9. The third kappa shape index (κ3) is 5.01. The van der Waals surface area contributed by atoms with Crippen molar-refractivity contribution < 1.29 is 19.1 Å². The van der Waals surface area contributed by atoms with Crippen LogP contribution >= 0.6 is 0 Å². The molecule has 3 amide bonds. The lowest BCUT2D eigenvalue weighted by atomic mass is 10.1. The van der Waals surface area contributed by atoms with E-state index in [0.29, 0.717) is 18.8 Å². The number of carbonyl (C=O) groups excluding carboxylic acids is 3. The smallest absolute Gasteiger partial charge is 0.253 e. The molecular weight excluding hydrogens is 324 g/mol. The molecule has 136 valence electrons. The topological polar surface area (TPSA) is 114 Å². The fourth-order valence-corrected chi connectivity index (χ4v) is 2.32. The van der Waals surface area contributed by atoms with Crippen molar-refractivity contribution in [1.82, 2.24) is 5.32 Å². The Labute approximate surface area is 146 Å². The predicted octanol–water partition coefficient (Wildman–Crippen LogP) is 0.0878. The maximum Gasteiger partial charge on any atom is 0.253 e. The maximum absolute atomic E-state index is 12.3. The molecule has 1 heterocycles. The monoisotopic (exact) mass is 348 g/mol. The Morgan fingerprint density at radius 3 is 2.48 bits per heavy atom. The number of anilines is 2. The highest BCUT2D eigenvalue weighted by atomic mass is 16.5. The van der Waals surface area contributed by atoms with Gasteiger partial charge in [0.25, 0.3) is 5.91 Å². The lowest BCUT2D eigenvalue weighted by Gasteiger charge is -2.27. The first kappa shape index (κ1) is 18.9. The number of amides is 3. The highest BCUT2D eigenvalue weighted by Crippen LogP contribution is 2.19. The fourth-order valence-electron chi connectivity index (χ4n) is 2.32. The fraction of sp³-hybridized carbons (Fsp3) is 0.471. The first-order valence-electron chi connectivity index (χ1n) is 8.22. The van der Waals surface area contributed by atoms with E-state index in [9.17, 15) is 14.4 Å². The summed E-state index contributed by atoms with van der Waals surface area (Å²) in [4.78, 5) is 37.4. The van der Waals surface area contributed by atoms with E-state index < -0.39 is 6.04 Å². The largest absolute Gasteiger partial charge is 0.370 e. The van der Waals surface area contributed by atoms with E-state index in [4.69, 9.17) is 10.5 Å². The van der Waals surface area contributed by atoms with E-state index in [0.717, 1.165) is 5.69 Å². The molecule has 0 saturated carbocycles. The lowest BCUT2D eigenvalue weighted by molar-refractivity contribution is -0.128. The van der Waals surface area contributed by atoms with Crippen LogP contribution in [0.2, 0.25) is 0 Å². The van der Waals surface area contributed by atoms with E-state index in [-0.39, 0.29) is 36.8 Å². The van der Waals surface area contributed by atoms with Crippen LogP contribution in [0.25, 0.3) is 0 Å². The second kappa shape index (κ2) is 8.59. The van der Waals surface area contributed by atoms with E-state index >= 15 is 0 Å². The average molecular weight is 348 g/mol. The van der Waals surface area contributed by atoms with Crippen LogP contribution < -0.4 is 21.3 Å². The van der Waals surface area contributed by atoms with Crippen LogP contribution in [0.15, 0.2) is 24.3 Å². The molecule has 1 aromatic carbocycles. The summed E-state index contributed by atoms with van der Waals surface area (Å²) < 4.78 is 5.10. The molecule has 0 aliphatic carbocycles. The molecule has 0 unspecified atom stereocenters. The van der Waals surface area contributed by atoms with Crippen molar-refractivity contribution in [3.05, 3.63) is 24.3 Å². The van der Waals surface area contributed by atoms with Crippen molar-refractivity contribution in [3.63, 3.8) is 0 Å². The lowest BCUT2D eigenvalue weighted by Crippen LogP contribution is -2.49. The molecule has 1 aromatic rings. The van der Waals surface area contributed by atoms with Crippen molar-refractivity contribution in [2.24, 2.45) is 11.7 Å². The molecule has 0 bridgehead atoms. The van der Waals surface area contributed by atoms with Crippen LogP contribution in [0.3, 0.4) is 0 Å². The third-order valence-electron chi connectivity index (χ3n) is 3.83. The van der Waals surface area contributed by atoms with Crippen LogP contribution in [-0.4, -0.2) is 50.1 Å². The van der Waals surface area contributed by atoms with Gasteiger partial charge < -0.3 is 26.0 Å². The van der Waals surface area contributed by atoms with Gasteiger partial charge in [0.15, 0.2) is 0 Å². The van der Waals surface area contributed by atoms with Gasteiger partial charge in [-0.1, -0.05) is 13.8 Å². The summed E-state index contributed by atoms with van der Waals surface area (Å²) >= 11 is 0. The summed E-state index contributed by atoms with van der Waals surface area (Å²) in [6, 6.07) is 6.11. The van der Waals surface area contributed by atoms with Gasteiger partial charge in [-0.05, 0) is 24.3 Å². The summed E-state index contributed by atoms with van der Waals surface area (Å²) in [5, 5.41) is 5.33. The molecule has 1 aliphatic rings. The Balaban J connectivity index is 1.98. The average Bonchev–Trinajstić information content (AvgIpc) is 2.60. The zero-order chi connectivity index (χ0) is 18.4. The number of hydrogen-bond donors (Lipinski definition) is 3. The summed E-state index contributed by atoms with van der Waals surface area (Å²) in [7, 11) is 0. The van der Waals surface area contributed by atoms with Crippen molar-refractivity contribution in [3.8, 4) is 0 Å². The summed E-state index contributed by atoms with van der Waals surface area (Å²) in [6.45, 7) is 4.56. The van der Waals surface area contributed by atoms with Crippen LogP contribution in [-0.2, 0) is 19.1 Å². The number of hydrogen-bond acceptors (Lipinski definition) is 5. The number of nitrogens with two attached hydrogens (primary N) is 1. The molecule has 8 heteroatoms. The van der Waals surface area contributed by atoms with Crippen LogP contribution in [0.1, 0.15) is 13.8 Å². The van der Waals surface area contributed by atoms with Gasteiger partial charge >= 0.3 is 0 Å². The van der Waals surface area contributed by atoms with E-state index in [2.05, 4.69) is 10.6 Å². The Kier molecular flexibility index (Phi) is 6.49. The number of benzene rings is 1. The Morgan fingerprint density at radius 2 is 1.92 bits per heavy atom. The van der Waals surface area contributed by atoms with E-state index in [1.807, 2.05) is 0 Å². The minimum absolute atomic E-state index is 0.00462. The quantitative estimate of drug-likeness (QED) is 0.674. The number of carbonyl (C=O) groups is 3. The van der Waals surface area contributed by atoms with Gasteiger partial charge in [-0.2, -0.15) is 0 Å². The molecule has 8 nitrogen and oxygen atoms in total. The molecule has 25 heavy (non-hydrogen) atoms. The number of morpholine rings is 1. The minimum atomic E-state index is -0.796. The SMILES string of the molecule is CC(C)C(=O)N[C@H](CN)C(=O)Nc1ccc(N2CCOCC2=O)cc1. The van der Waals surface area contributed by atoms with Crippen molar-refractivity contribution in [2.45, 2.75) is 19.9 Å². The summed E-state index contributed by atoms with van der Waals surface area (Å²) in [5.74, 6) is -0.937. The van der Waals surface area contributed by atoms with Crippen molar-refractivity contribution in [1.29, 1.82) is 0 Å². The maximum atomic E-state index is 12.3. The molecule has 1 fully saturated rings. The van der Waals surface area contributed by atoms with Gasteiger partial charge in [0.1, 0.15) is 12.6 Å². The Bertz CT molecular complexity index is 630. The van der Waals surface area contributed by atoms with Gasteiger partial charge in [0, 0.05) is 30.4 Å². The van der Waals surface area contributed by atoms with Crippen molar-refractivity contribution in [2.75, 3.05) is 36.5 Å². The summed E-state index contributed by atoms with van der Waals surface area (Å²) in [6.07, 6.45) is 0. The Hall–Kier alpha value is -2.45. The van der Waals surface area contributed by atoms with E-state index in [1.165, 1.54) is 0 Å². The molecule has 0 aromatic heterocycles. The second-order valence-corrected chi connectivity index (χ2v) is 6.09. The van der Waals surface area contributed by atoms with Crippen LogP contribution in [0.5, 0.6) is 0 Å². The Morgan fingerprint density at radius 1 is 1.24 bits per heavy atom. The predicted molar refractivity (Wildman–Crippen MR) is 94.1 cm³/mol. The van der Waals surface area contributed by atoms with Gasteiger partial charge in [0.2, 0.25) is 11.8 Å². The number of nitrogens with zero attached hydrogens (tertiary/aromatic N) is 1. The molecule has 0 radical (unpaired) electrons. The van der Waals surface area contributed by atoms with Gasteiger partial charge in [-0.15, -0.1) is 0 Å². The minimum Gasteiger partial charge on any atom is -0.370 e. The standard InChI is InChI=1S/C17H24N4O4/c1-11(2)16(23)20-14(9-18)17(24)19-12-3-5-13(6-4-12)21-7-8-25-10-15(21)22/h3-6,11,14H,7-10,18H2,1-2H3,(H,19,24)(H,20,23)/t14-/m1/s1. The molecule has 1 aliphatic heterocycles. The number of ether oxygens (including phenoxy) is 1. The van der Waals surface area contributed by atoms with Gasteiger partial charge in [0.05, 0.1) is 6.61 Å². The van der Waals surface area contributed by atoms with E-state index in [1.54, 1.807) is 43.0 Å². The summed E-state index contributed by atoms with van der Waals surface area (Å²) in [5.41, 5.74) is 6.89. The zero-order valence-corrected chi connectivity index (χ0v) is 14.5. The zero-order valence-electron chi connectivity index (χ0n) is 14.5. The van der Waals surface area contributed by atoms with Crippen LogP contribution in [0, 0.1) is 5.92 Å². The number of nitrogens with one attached hydrogen (secondary N) is 2.